The number of halogens is 1. The Bertz CT molecular complexity index is 1090. The van der Waals surface area contributed by atoms with Gasteiger partial charge < -0.3 is 4.52 Å². The molecule has 0 saturated heterocycles. The van der Waals surface area contributed by atoms with Gasteiger partial charge in [-0.25, -0.2) is 4.39 Å². The number of nitrogens with zero attached hydrogens (tertiary/aromatic N) is 5. The third-order valence-electron chi connectivity index (χ3n) is 4.19. The lowest BCUT2D eigenvalue weighted by molar-refractivity contribution is 0.385. The molecular weight excluding hydrogens is 377 g/mol. The Labute approximate surface area is 165 Å². The van der Waals surface area contributed by atoms with E-state index in [0.29, 0.717) is 40.4 Å². The predicted molar refractivity (Wildman–Crippen MR) is 105 cm³/mol. The van der Waals surface area contributed by atoms with Crippen LogP contribution < -0.4 is 0 Å². The van der Waals surface area contributed by atoms with E-state index in [4.69, 9.17) is 4.52 Å². The second-order valence-corrected chi connectivity index (χ2v) is 7.15. The molecule has 28 heavy (non-hydrogen) atoms. The van der Waals surface area contributed by atoms with Crippen molar-refractivity contribution in [3.63, 3.8) is 0 Å². The zero-order chi connectivity index (χ0) is 19.5. The van der Waals surface area contributed by atoms with Crippen LogP contribution in [0.3, 0.4) is 0 Å². The van der Waals surface area contributed by atoms with Crippen molar-refractivity contribution >= 4 is 11.8 Å². The lowest BCUT2D eigenvalue weighted by Gasteiger charge is -2.10. The van der Waals surface area contributed by atoms with Crippen LogP contribution in [0.4, 0.5) is 4.39 Å². The quantitative estimate of drug-likeness (QED) is 0.444. The maximum Gasteiger partial charge on any atom is 0.237 e. The van der Waals surface area contributed by atoms with Crippen molar-refractivity contribution in [3.8, 4) is 17.1 Å². The van der Waals surface area contributed by atoms with E-state index in [1.807, 2.05) is 42.7 Å². The van der Waals surface area contributed by atoms with E-state index >= 15 is 0 Å². The van der Waals surface area contributed by atoms with Gasteiger partial charge in [-0.05, 0) is 31.2 Å². The molecule has 0 spiro atoms. The second-order valence-electron chi connectivity index (χ2n) is 6.20. The maximum absolute atomic E-state index is 14.4. The van der Waals surface area contributed by atoms with Crippen molar-refractivity contribution in [2.45, 2.75) is 31.2 Å². The molecule has 8 heteroatoms. The van der Waals surface area contributed by atoms with Crippen LogP contribution in [0.25, 0.3) is 17.1 Å². The number of benzene rings is 2. The van der Waals surface area contributed by atoms with Crippen LogP contribution in [0.2, 0.25) is 0 Å². The van der Waals surface area contributed by atoms with Crippen LogP contribution in [-0.2, 0) is 12.2 Å². The fourth-order valence-corrected chi connectivity index (χ4v) is 3.52. The third-order valence-corrected chi connectivity index (χ3v) is 5.11. The first-order valence-electron chi connectivity index (χ1n) is 8.87. The highest BCUT2D eigenvalue weighted by atomic mass is 32.2. The average molecular weight is 395 g/mol. The summed E-state index contributed by atoms with van der Waals surface area (Å²) in [6.07, 6.45) is 0.713. The largest absolute Gasteiger partial charge is 0.338 e. The number of rotatable bonds is 6. The van der Waals surface area contributed by atoms with Crippen molar-refractivity contribution in [2.24, 2.45) is 0 Å². The Morgan fingerprint density at radius 1 is 1.07 bits per heavy atom. The molecule has 2 heterocycles. The normalized spacial score (nSPS) is 11.1. The first-order valence-corrected chi connectivity index (χ1v) is 9.86. The van der Waals surface area contributed by atoms with E-state index in [9.17, 15) is 4.39 Å². The van der Waals surface area contributed by atoms with Gasteiger partial charge in [-0.3, -0.25) is 4.57 Å². The molecule has 0 aliphatic carbocycles. The third kappa shape index (κ3) is 3.68. The summed E-state index contributed by atoms with van der Waals surface area (Å²) < 4.78 is 21.5. The summed E-state index contributed by atoms with van der Waals surface area (Å²) in [6, 6.07) is 14.5. The van der Waals surface area contributed by atoms with E-state index in [2.05, 4.69) is 20.3 Å². The second kappa shape index (κ2) is 7.93. The number of thioether (sulfide) groups is 1. The number of aromatic nitrogens is 5. The highest BCUT2D eigenvalue weighted by Crippen LogP contribution is 2.30. The summed E-state index contributed by atoms with van der Waals surface area (Å²) in [5.41, 5.74) is 2.39. The van der Waals surface area contributed by atoms with E-state index in [1.54, 1.807) is 18.2 Å². The number of hydrogen-bond donors (Lipinski definition) is 0. The van der Waals surface area contributed by atoms with Gasteiger partial charge in [-0.1, -0.05) is 53.7 Å². The Morgan fingerprint density at radius 3 is 2.57 bits per heavy atom. The van der Waals surface area contributed by atoms with Gasteiger partial charge in [0, 0.05) is 12.1 Å². The molecular formula is C20H18FN5OS. The van der Waals surface area contributed by atoms with Crippen molar-refractivity contribution in [1.82, 2.24) is 24.9 Å². The maximum atomic E-state index is 14.4. The number of aryl methyl sites for hydroxylation is 2. The SMILES string of the molecule is CCc1noc(CSc2nnc(-c3ccccc3F)n2-c2ccc(C)cc2)n1. The molecule has 2 aromatic carbocycles. The molecule has 142 valence electrons. The summed E-state index contributed by atoms with van der Waals surface area (Å²) >= 11 is 1.42. The van der Waals surface area contributed by atoms with Gasteiger partial charge in [0.05, 0.1) is 11.3 Å². The molecule has 0 N–H and O–H groups in total. The molecule has 0 bridgehead atoms. The minimum absolute atomic E-state index is 0.343. The zero-order valence-corrected chi connectivity index (χ0v) is 16.3. The van der Waals surface area contributed by atoms with Crippen LogP contribution in [-0.4, -0.2) is 24.9 Å². The van der Waals surface area contributed by atoms with Gasteiger partial charge >= 0.3 is 0 Å². The smallest absolute Gasteiger partial charge is 0.237 e. The summed E-state index contributed by atoms with van der Waals surface area (Å²) in [7, 11) is 0. The monoisotopic (exact) mass is 395 g/mol. The van der Waals surface area contributed by atoms with E-state index in [0.717, 1.165) is 11.3 Å². The van der Waals surface area contributed by atoms with Gasteiger partial charge in [0.25, 0.3) is 0 Å². The van der Waals surface area contributed by atoms with Crippen LogP contribution in [0, 0.1) is 12.7 Å². The molecule has 0 saturated carbocycles. The Kier molecular flexibility index (Phi) is 5.21. The van der Waals surface area contributed by atoms with Crippen LogP contribution >= 0.6 is 11.8 Å². The Morgan fingerprint density at radius 2 is 1.86 bits per heavy atom. The van der Waals surface area contributed by atoms with Crippen LogP contribution in [0.5, 0.6) is 0 Å². The van der Waals surface area contributed by atoms with Crippen LogP contribution in [0.1, 0.15) is 24.2 Å². The minimum Gasteiger partial charge on any atom is -0.338 e. The molecule has 2 aromatic heterocycles. The Hall–Kier alpha value is -3.00. The minimum atomic E-state index is -0.343. The summed E-state index contributed by atoms with van der Waals surface area (Å²) in [5.74, 6) is 1.75. The highest BCUT2D eigenvalue weighted by Gasteiger charge is 2.19. The molecule has 0 aliphatic rings. The molecule has 0 aliphatic heterocycles. The van der Waals surface area contributed by atoms with Crippen molar-refractivity contribution in [3.05, 3.63) is 71.6 Å². The van der Waals surface area contributed by atoms with Crippen LogP contribution in [0.15, 0.2) is 58.2 Å². The zero-order valence-electron chi connectivity index (χ0n) is 15.5. The molecule has 0 unspecified atom stereocenters. The van der Waals surface area contributed by atoms with E-state index < -0.39 is 0 Å². The topological polar surface area (TPSA) is 69.6 Å². The first-order chi connectivity index (χ1) is 13.7. The van der Waals surface area contributed by atoms with Gasteiger partial charge in [0.15, 0.2) is 16.8 Å². The molecule has 4 aromatic rings. The average Bonchev–Trinajstić information content (AvgIpc) is 3.34. The fraction of sp³-hybridized carbons (Fsp3) is 0.200. The lowest BCUT2D eigenvalue weighted by Crippen LogP contribution is -2.01. The molecule has 0 fully saturated rings. The standard InChI is InChI=1S/C20H18FN5OS/c1-3-17-22-18(27-25-17)12-28-20-24-23-19(15-6-4-5-7-16(15)21)26(20)14-10-8-13(2)9-11-14/h4-11H,3,12H2,1-2H3. The van der Waals surface area contributed by atoms with Crippen molar-refractivity contribution < 1.29 is 8.91 Å². The lowest BCUT2D eigenvalue weighted by atomic mass is 10.2. The number of hydrogen-bond acceptors (Lipinski definition) is 6. The fourth-order valence-electron chi connectivity index (χ4n) is 2.73. The molecule has 0 radical (unpaired) electrons. The predicted octanol–water partition coefficient (Wildman–Crippen LogP) is 4.62. The van der Waals surface area contributed by atoms with Gasteiger partial charge in [-0.2, -0.15) is 4.98 Å². The molecule has 0 atom stereocenters. The highest BCUT2D eigenvalue weighted by molar-refractivity contribution is 7.98. The van der Waals surface area contributed by atoms with Crippen molar-refractivity contribution in [1.29, 1.82) is 0 Å². The van der Waals surface area contributed by atoms with E-state index in [-0.39, 0.29) is 5.82 Å². The van der Waals surface area contributed by atoms with Gasteiger partial charge in [0.2, 0.25) is 5.89 Å². The van der Waals surface area contributed by atoms with Gasteiger partial charge in [0.1, 0.15) is 5.82 Å². The molecule has 4 rings (SSSR count). The summed E-state index contributed by atoms with van der Waals surface area (Å²) in [6.45, 7) is 3.99. The summed E-state index contributed by atoms with van der Waals surface area (Å²) in [5, 5.41) is 13.1. The Balaban J connectivity index is 1.73. The van der Waals surface area contributed by atoms with Crippen molar-refractivity contribution in [2.75, 3.05) is 0 Å². The molecule has 0 amide bonds. The van der Waals surface area contributed by atoms with Gasteiger partial charge in [-0.15, -0.1) is 10.2 Å². The first kappa shape index (κ1) is 18.4. The summed E-state index contributed by atoms with van der Waals surface area (Å²) in [4.78, 5) is 4.32. The molecule has 6 nitrogen and oxygen atoms in total. The van der Waals surface area contributed by atoms with E-state index in [1.165, 1.54) is 17.8 Å².